The molecule has 0 bridgehead atoms. The molecule has 0 aliphatic rings. The number of nitrogens with one attached hydrogen (secondary N) is 1. The van der Waals surface area contributed by atoms with Crippen LogP contribution in [0.3, 0.4) is 0 Å². The van der Waals surface area contributed by atoms with Gasteiger partial charge in [-0.3, -0.25) is 0 Å². The maximum absolute atomic E-state index is 8.82. The summed E-state index contributed by atoms with van der Waals surface area (Å²) in [7, 11) is 1.84. The van der Waals surface area contributed by atoms with Crippen LogP contribution < -0.4 is 5.32 Å². The fraction of sp³-hybridized carbons (Fsp3) is 0.0769. The summed E-state index contributed by atoms with van der Waals surface area (Å²) in [6.07, 6.45) is 0. The summed E-state index contributed by atoms with van der Waals surface area (Å²) in [5.41, 5.74) is 1.01. The van der Waals surface area contributed by atoms with Crippen LogP contribution in [0.1, 0.15) is 0 Å². The lowest BCUT2D eigenvalue weighted by molar-refractivity contribution is 0.460. The van der Waals surface area contributed by atoms with Gasteiger partial charge in [-0.15, -0.1) is 0 Å². The molecule has 0 radical (unpaired) electrons. The lowest BCUT2D eigenvalue weighted by atomic mass is 10.3. The summed E-state index contributed by atoms with van der Waals surface area (Å²) in [6.45, 7) is 0. The van der Waals surface area contributed by atoms with Crippen molar-refractivity contribution in [3.05, 3.63) is 48.5 Å². The zero-order valence-electron chi connectivity index (χ0n) is 9.46. The minimum absolute atomic E-state index is 0.169. The lowest BCUT2D eigenvalue weighted by Gasteiger charge is -1.96. The predicted molar refractivity (Wildman–Crippen MR) is 67.4 cm³/mol. The van der Waals surface area contributed by atoms with Crippen molar-refractivity contribution >= 4 is 5.69 Å². The van der Waals surface area contributed by atoms with Crippen molar-refractivity contribution < 1.29 is 15.3 Å². The number of aromatic hydroxyl groups is 3. The Hall–Kier alpha value is -2.36. The summed E-state index contributed by atoms with van der Waals surface area (Å²) in [6, 6.07) is 12.6. The van der Waals surface area contributed by atoms with Crippen LogP contribution in [0.15, 0.2) is 48.5 Å². The van der Waals surface area contributed by atoms with Crippen LogP contribution in [-0.2, 0) is 0 Å². The number of hydrogen-bond acceptors (Lipinski definition) is 4. The second-order valence-electron chi connectivity index (χ2n) is 3.31. The molecule has 90 valence electrons. The van der Waals surface area contributed by atoms with Gasteiger partial charge in [-0.1, -0.05) is 0 Å². The highest BCUT2D eigenvalue weighted by Crippen LogP contribution is 2.13. The predicted octanol–water partition coefficient (Wildman–Crippen LogP) is 2.53. The smallest absolute Gasteiger partial charge is 0.115 e. The van der Waals surface area contributed by atoms with Gasteiger partial charge < -0.3 is 20.6 Å². The first-order valence-corrected chi connectivity index (χ1v) is 5.06. The normalized spacial score (nSPS) is 9.00. The van der Waals surface area contributed by atoms with Crippen molar-refractivity contribution in [3.8, 4) is 17.2 Å². The Kier molecular flexibility index (Phi) is 4.69. The van der Waals surface area contributed by atoms with Gasteiger partial charge >= 0.3 is 0 Å². The molecular weight excluding hydrogens is 218 g/mol. The molecule has 2 aromatic carbocycles. The van der Waals surface area contributed by atoms with Gasteiger partial charge in [0.1, 0.15) is 17.2 Å². The van der Waals surface area contributed by atoms with E-state index in [2.05, 4.69) is 5.32 Å². The van der Waals surface area contributed by atoms with Gasteiger partial charge in [0, 0.05) is 12.7 Å². The summed E-state index contributed by atoms with van der Waals surface area (Å²) >= 11 is 0. The van der Waals surface area contributed by atoms with E-state index in [-0.39, 0.29) is 11.5 Å². The maximum atomic E-state index is 8.82. The van der Waals surface area contributed by atoms with E-state index in [4.69, 9.17) is 15.3 Å². The Labute approximate surface area is 99.8 Å². The molecule has 0 saturated heterocycles. The highest BCUT2D eigenvalue weighted by atomic mass is 16.3. The quantitative estimate of drug-likeness (QED) is 0.571. The Morgan fingerprint density at radius 3 is 1.24 bits per heavy atom. The van der Waals surface area contributed by atoms with E-state index in [0.717, 1.165) is 5.69 Å². The molecule has 0 unspecified atom stereocenters. The molecule has 0 aliphatic carbocycles. The number of rotatable bonds is 1. The standard InChI is InChI=1S/C7H9NO.C6H6O2/c1-8-6-2-4-7(9)5-3-6;7-5-1-2-6(8)4-3-5/h2-5,8-9H,1H3;1-4,7-8H. The average molecular weight is 233 g/mol. The monoisotopic (exact) mass is 233 g/mol. The first-order valence-electron chi connectivity index (χ1n) is 5.06. The van der Waals surface area contributed by atoms with Crippen LogP contribution in [0.5, 0.6) is 17.2 Å². The molecular formula is C13H15NO3. The number of hydrogen-bond donors (Lipinski definition) is 4. The molecule has 0 heterocycles. The van der Waals surface area contributed by atoms with Crippen LogP contribution in [0.2, 0.25) is 0 Å². The summed E-state index contributed by atoms with van der Waals surface area (Å²) in [5, 5.41) is 29.1. The van der Waals surface area contributed by atoms with E-state index in [1.165, 1.54) is 24.3 Å². The molecule has 0 aromatic heterocycles. The van der Waals surface area contributed by atoms with Crippen molar-refractivity contribution in [2.24, 2.45) is 0 Å². The molecule has 2 aromatic rings. The highest BCUT2D eigenvalue weighted by Gasteiger charge is 1.85. The Bertz CT molecular complexity index is 416. The first kappa shape index (κ1) is 12.7. The second kappa shape index (κ2) is 6.27. The van der Waals surface area contributed by atoms with E-state index >= 15 is 0 Å². The third-order valence-electron chi connectivity index (χ3n) is 2.01. The molecule has 4 heteroatoms. The molecule has 0 fully saturated rings. The fourth-order valence-corrected chi connectivity index (χ4v) is 1.08. The minimum Gasteiger partial charge on any atom is -0.508 e. The van der Waals surface area contributed by atoms with Crippen LogP contribution in [0.4, 0.5) is 5.69 Å². The second-order valence-corrected chi connectivity index (χ2v) is 3.31. The van der Waals surface area contributed by atoms with Crippen LogP contribution in [0.25, 0.3) is 0 Å². The molecule has 2 rings (SSSR count). The summed E-state index contributed by atoms with van der Waals surface area (Å²) in [5.74, 6) is 0.639. The highest BCUT2D eigenvalue weighted by molar-refractivity contribution is 5.45. The van der Waals surface area contributed by atoms with Gasteiger partial charge in [0.15, 0.2) is 0 Å². The van der Waals surface area contributed by atoms with Crippen LogP contribution in [0, 0.1) is 0 Å². The molecule has 4 N–H and O–H groups in total. The van der Waals surface area contributed by atoms with Crippen molar-refractivity contribution in [3.63, 3.8) is 0 Å². The lowest BCUT2D eigenvalue weighted by Crippen LogP contribution is -1.84. The third kappa shape index (κ3) is 4.79. The molecule has 0 aliphatic heterocycles. The Morgan fingerprint density at radius 2 is 0.941 bits per heavy atom. The zero-order chi connectivity index (χ0) is 12.7. The number of benzene rings is 2. The van der Waals surface area contributed by atoms with Crippen LogP contribution in [-0.4, -0.2) is 22.4 Å². The zero-order valence-corrected chi connectivity index (χ0v) is 9.46. The average Bonchev–Trinajstić information content (AvgIpc) is 2.35. The van der Waals surface area contributed by atoms with Gasteiger partial charge in [-0.2, -0.15) is 0 Å². The van der Waals surface area contributed by atoms with Crippen LogP contribution >= 0.6 is 0 Å². The van der Waals surface area contributed by atoms with Crippen molar-refractivity contribution in [1.82, 2.24) is 0 Å². The van der Waals surface area contributed by atoms with Crippen molar-refractivity contribution in [1.29, 1.82) is 0 Å². The van der Waals surface area contributed by atoms with Gasteiger partial charge in [0.25, 0.3) is 0 Å². The van der Waals surface area contributed by atoms with Gasteiger partial charge in [-0.25, -0.2) is 0 Å². The maximum Gasteiger partial charge on any atom is 0.115 e. The van der Waals surface area contributed by atoms with Gasteiger partial charge in [-0.05, 0) is 48.5 Å². The molecule has 4 nitrogen and oxygen atoms in total. The molecule has 17 heavy (non-hydrogen) atoms. The van der Waals surface area contributed by atoms with E-state index in [1.54, 1.807) is 12.1 Å². The molecule has 0 spiro atoms. The van der Waals surface area contributed by atoms with E-state index in [1.807, 2.05) is 19.2 Å². The largest absolute Gasteiger partial charge is 0.508 e. The minimum atomic E-state index is 0.169. The first-order chi connectivity index (χ1) is 8.11. The van der Waals surface area contributed by atoms with E-state index in [0.29, 0.717) is 5.75 Å². The van der Waals surface area contributed by atoms with Gasteiger partial charge in [0.2, 0.25) is 0 Å². The molecule has 0 amide bonds. The fourth-order valence-electron chi connectivity index (χ4n) is 1.08. The number of phenols is 3. The Balaban J connectivity index is 0.000000171. The number of anilines is 1. The SMILES string of the molecule is CNc1ccc(O)cc1.Oc1ccc(O)cc1. The topological polar surface area (TPSA) is 72.7 Å². The van der Waals surface area contributed by atoms with Gasteiger partial charge in [0.05, 0.1) is 0 Å². The molecule has 0 atom stereocenters. The number of phenolic OH excluding ortho intramolecular Hbond substituents is 3. The van der Waals surface area contributed by atoms with E-state index < -0.39 is 0 Å². The third-order valence-corrected chi connectivity index (χ3v) is 2.01. The van der Waals surface area contributed by atoms with E-state index in [9.17, 15) is 0 Å². The molecule has 0 saturated carbocycles. The summed E-state index contributed by atoms with van der Waals surface area (Å²) < 4.78 is 0. The van der Waals surface area contributed by atoms with Crippen molar-refractivity contribution in [2.45, 2.75) is 0 Å². The van der Waals surface area contributed by atoms with Crippen molar-refractivity contribution in [2.75, 3.05) is 12.4 Å². The Morgan fingerprint density at radius 1 is 0.647 bits per heavy atom. The summed E-state index contributed by atoms with van der Waals surface area (Å²) in [4.78, 5) is 0.